The number of rotatable bonds is 5. The van der Waals surface area contributed by atoms with E-state index in [1.54, 1.807) is 0 Å². The fourth-order valence-corrected chi connectivity index (χ4v) is 3.46. The van der Waals surface area contributed by atoms with Crippen molar-refractivity contribution in [2.75, 3.05) is 19.7 Å². The molecule has 4 rings (SSSR count). The van der Waals surface area contributed by atoms with Gasteiger partial charge in [0.05, 0.1) is 0 Å². The van der Waals surface area contributed by atoms with Crippen molar-refractivity contribution >= 4 is 5.91 Å². The highest BCUT2D eigenvalue weighted by molar-refractivity contribution is 5.77. The van der Waals surface area contributed by atoms with Gasteiger partial charge in [0.1, 0.15) is 5.75 Å². The summed E-state index contributed by atoms with van der Waals surface area (Å²) in [6, 6.07) is 17.4. The number of hydrogen-bond acceptors (Lipinski definition) is 5. The van der Waals surface area contributed by atoms with Crippen LogP contribution in [0.3, 0.4) is 0 Å². The first-order valence-corrected chi connectivity index (χ1v) is 9.56. The quantitative estimate of drug-likeness (QED) is 0.676. The van der Waals surface area contributed by atoms with Crippen LogP contribution < -0.4 is 4.74 Å². The molecular formula is C22H23N3O3. The Kier molecular flexibility index (Phi) is 5.37. The van der Waals surface area contributed by atoms with Gasteiger partial charge in [-0.25, -0.2) is 0 Å². The Balaban J connectivity index is 1.32. The molecule has 0 atom stereocenters. The van der Waals surface area contributed by atoms with Crippen molar-refractivity contribution < 1.29 is 14.1 Å². The molecule has 3 aromatic rings. The van der Waals surface area contributed by atoms with E-state index in [2.05, 4.69) is 10.1 Å². The Bertz CT molecular complexity index is 931. The monoisotopic (exact) mass is 377 g/mol. The van der Waals surface area contributed by atoms with Crippen molar-refractivity contribution in [1.82, 2.24) is 15.0 Å². The summed E-state index contributed by atoms with van der Waals surface area (Å²) >= 11 is 0. The summed E-state index contributed by atoms with van der Waals surface area (Å²) in [5.74, 6) is 2.19. The Morgan fingerprint density at radius 3 is 2.57 bits per heavy atom. The number of likely N-dealkylation sites (tertiary alicyclic amines) is 1. The lowest BCUT2D eigenvalue weighted by molar-refractivity contribution is -0.134. The Morgan fingerprint density at radius 2 is 1.82 bits per heavy atom. The van der Waals surface area contributed by atoms with Gasteiger partial charge in [-0.3, -0.25) is 4.79 Å². The van der Waals surface area contributed by atoms with E-state index < -0.39 is 0 Å². The Hall–Kier alpha value is -3.15. The number of carbonyl (C=O) groups excluding carboxylic acids is 1. The van der Waals surface area contributed by atoms with Gasteiger partial charge in [0.15, 0.2) is 6.61 Å². The molecule has 2 aromatic carbocycles. The Labute approximate surface area is 164 Å². The number of aryl methyl sites for hydroxylation is 1. The van der Waals surface area contributed by atoms with E-state index in [0.29, 0.717) is 30.6 Å². The third-order valence-corrected chi connectivity index (χ3v) is 5.13. The van der Waals surface area contributed by atoms with Crippen LogP contribution in [0.1, 0.15) is 30.2 Å². The number of amides is 1. The van der Waals surface area contributed by atoms with E-state index in [0.717, 1.165) is 24.0 Å². The molecule has 0 N–H and O–H groups in total. The van der Waals surface area contributed by atoms with Crippen LogP contribution in [0.15, 0.2) is 59.1 Å². The van der Waals surface area contributed by atoms with Crippen molar-refractivity contribution in [1.29, 1.82) is 0 Å². The van der Waals surface area contributed by atoms with Crippen LogP contribution in [0.5, 0.6) is 5.75 Å². The number of carbonyl (C=O) groups is 1. The minimum Gasteiger partial charge on any atom is -0.484 e. The van der Waals surface area contributed by atoms with Crippen molar-refractivity contribution in [2.45, 2.75) is 25.7 Å². The summed E-state index contributed by atoms with van der Waals surface area (Å²) in [7, 11) is 0. The molecule has 0 spiro atoms. The van der Waals surface area contributed by atoms with Crippen LogP contribution in [0.2, 0.25) is 0 Å². The fraction of sp³-hybridized carbons (Fsp3) is 0.318. The maximum absolute atomic E-state index is 12.4. The second-order valence-corrected chi connectivity index (χ2v) is 7.03. The normalized spacial score (nSPS) is 14.8. The van der Waals surface area contributed by atoms with Crippen LogP contribution >= 0.6 is 0 Å². The van der Waals surface area contributed by atoms with E-state index in [4.69, 9.17) is 9.26 Å². The molecule has 1 aliphatic rings. The zero-order valence-corrected chi connectivity index (χ0v) is 15.9. The minimum atomic E-state index is 0.00781. The van der Waals surface area contributed by atoms with Crippen molar-refractivity contribution in [3.05, 3.63) is 66.1 Å². The summed E-state index contributed by atoms with van der Waals surface area (Å²) in [6.45, 7) is 3.44. The first kappa shape index (κ1) is 18.2. The predicted octanol–water partition coefficient (Wildman–Crippen LogP) is 3.83. The summed E-state index contributed by atoms with van der Waals surface area (Å²) < 4.78 is 11.1. The second kappa shape index (κ2) is 8.25. The summed E-state index contributed by atoms with van der Waals surface area (Å²) in [5, 5.41) is 4.15. The molecule has 0 saturated carbocycles. The summed E-state index contributed by atoms with van der Waals surface area (Å²) in [5.41, 5.74) is 2.11. The standard InChI is InChI=1S/C22H23N3O3/c1-16-7-5-6-10-19(16)21-23-22(28-24-21)17-11-13-25(14-12-17)20(26)15-27-18-8-3-2-4-9-18/h2-10,17H,11-15H2,1H3. The Morgan fingerprint density at radius 1 is 1.11 bits per heavy atom. The van der Waals surface area contributed by atoms with Gasteiger partial charge in [-0.05, 0) is 37.5 Å². The number of nitrogens with zero attached hydrogens (tertiary/aromatic N) is 3. The predicted molar refractivity (Wildman–Crippen MR) is 105 cm³/mol. The SMILES string of the molecule is Cc1ccccc1-c1noc(C2CCN(C(=O)COc3ccccc3)CC2)n1. The lowest BCUT2D eigenvalue weighted by Gasteiger charge is -2.30. The minimum absolute atomic E-state index is 0.00781. The van der Waals surface area contributed by atoms with Crippen molar-refractivity contribution in [3.63, 3.8) is 0 Å². The van der Waals surface area contributed by atoms with Gasteiger partial charge in [-0.2, -0.15) is 4.98 Å². The van der Waals surface area contributed by atoms with E-state index >= 15 is 0 Å². The highest BCUT2D eigenvalue weighted by atomic mass is 16.5. The van der Waals surface area contributed by atoms with E-state index in [9.17, 15) is 4.79 Å². The molecule has 1 fully saturated rings. The zero-order valence-electron chi connectivity index (χ0n) is 15.9. The first-order valence-electron chi connectivity index (χ1n) is 9.56. The highest BCUT2D eigenvalue weighted by Gasteiger charge is 2.28. The van der Waals surface area contributed by atoms with Gasteiger partial charge in [0, 0.05) is 24.6 Å². The molecule has 1 saturated heterocycles. The lowest BCUT2D eigenvalue weighted by atomic mass is 9.96. The van der Waals surface area contributed by atoms with Gasteiger partial charge in [0.25, 0.3) is 5.91 Å². The molecule has 144 valence electrons. The number of hydrogen-bond donors (Lipinski definition) is 0. The first-order chi connectivity index (χ1) is 13.7. The summed E-state index contributed by atoms with van der Waals surface area (Å²) in [6.07, 6.45) is 1.62. The molecule has 1 aliphatic heterocycles. The van der Waals surface area contributed by atoms with E-state index in [-0.39, 0.29) is 18.4 Å². The molecular weight excluding hydrogens is 354 g/mol. The number of benzene rings is 2. The van der Waals surface area contributed by atoms with Crippen molar-refractivity contribution in [2.24, 2.45) is 0 Å². The average Bonchev–Trinajstić information content (AvgIpc) is 3.23. The van der Waals surface area contributed by atoms with Gasteiger partial charge in [0.2, 0.25) is 11.7 Å². The number of aromatic nitrogens is 2. The van der Waals surface area contributed by atoms with Crippen LogP contribution in [0.4, 0.5) is 0 Å². The smallest absolute Gasteiger partial charge is 0.260 e. The molecule has 6 heteroatoms. The maximum Gasteiger partial charge on any atom is 0.260 e. The van der Waals surface area contributed by atoms with Crippen LogP contribution in [0, 0.1) is 6.92 Å². The molecule has 0 bridgehead atoms. The van der Waals surface area contributed by atoms with Crippen LogP contribution in [-0.2, 0) is 4.79 Å². The van der Waals surface area contributed by atoms with Gasteiger partial charge in [-0.15, -0.1) is 0 Å². The van der Waals surface area contributed by atoms with Crippen LogP contribution in [-0.4, -0.2) is 40.6 Å². The van der Waals surface area contributed by atoms with Crippen molar-refractivity contribution in [3.8, 4) is 17.1 Å². The highest BCUT2D eigenvalue weighted by Crippen LogP contribution is 2.29. The topological polar surface area (TPSA) is 68.5 Å². The fourth-order valence-electron chi connectivity index (χ4n) is 3.46. The largest absolute Gasteiger partial charge is 0.484 e. The van der Waals surface area contributed by atoms with Crippen LogP contribution in [0.25, 0.3) is 11.4 Å². The molecule has 0 aliphatic carbocycles. The molecule has 2 heterocycles. The van der Waals surface area contributed by atoms with Gasteiger partial charge in [-0.1, -0.05) is 47.6 Å². The van der Waals surface area contributed by atoms with E-state index in [1.165, 1.54) is 0 Å². The number of para-hydroxylation sites is 1. The zero-order chi connectivity index (χ0) is 19.3. The number of piperidine rings is 1. The molecule has 1 amide bonds. The molecule has 0 radical (unpaired) electrons. The molecule has 6 nitrogen and oxygen atoms in total. The second-order valence-electron chi connectivity index (χ2n) is 7.03. The maximum atomic E-state index is 12.4. The molecule has 1 aromatic heterocycles. The molecule has 0 unspecified atom stereocenters. The average molecular weight is 377 g/mol. The lowest BCUT2D eigenvalue weighted by Crippen LogP contribution is -2.40. The third-order valence-electron chi connectivity index (χ3n) is 5.13. The summed E-state index contributed by atoms with van der Waals surface area (Å²) in [4.78, 5) is 18.8. The molecule has 28 heavy (non-hydrogen) atoms. The van der Waals surface area contributed by atoms with Gasteiger partial charge >= 0.3 is 0 Å². The third kappa shape index (κ3) is 4.06. The van der Waals surface area contributed by atoms with E-state index in [1.807, 2.05) is 66.4 Å². The van der Waals surface area contributed by atoms with Gasteiger partial charge < -0.3 is 14.2 Å². The number of ether oxygens (including phenoxy) is 1.